The number of aromatic nitrogens is 2. The van der Waals surface area contributed by atoms with Crippen molar-refractivity contribution >= 4 is 11.9 Å². The van der Waals surface area contributed by atoms with Crippen molar-refractivity contribution in [1.82, 2.24) is 9.97 Å². The van der Waals surface area contributed by atoms with Gasteiger partial charge in [0.2, 0.25) is 5.95 Å². The molecule has 0 aliphatic heterocycles. The molecule has 0 saturated heterocycles. The number of anilines is 1. The van der Waals surface area contributed by atoms with E-state index in [9.17, 15) is 4.79 Å². The Hall–Kier alpha value is -2.42. The number of carbonyl (C=O) groups is 1. The zero-order valence-corrected chi connectivity index (χ0v) is 9.79. The van der Waals surface area contributed by atoms with E-state index in [1.807, 2.05) is 6.07 Å². The van der Waals surface area contributed by atoms with Gasteiger partial charge in [0.05, 0.1) is 5.92 Å². The van der Waals surface area contributed by atoms with Crippen LogP contribution in [0.2, 0.25) is 0 Å². The molecule has 1 heterocycles. The minimum Gasteiger partial charge on any atom is -0.481 e. The van der Waals surface area contributed by atoms with Gasteiger partial charge in [-0.3, -0.25) is 4.79 Å². The summed E-state index contributed by atoms with van der Waals surface area (Å²) in [6.45, 7) is 1.78. The second-order valence-electron chi connectivity index (χ2n) is 4.15. The fraction of sp³-hybridized carbons (Fsp3) is 0.333. The Morgan fingerprint density at radius 1 is 1.56 bits per heavy atom. The molecule has 0 aromatic carbocycles. The zero-order valence-electron chi connectivity index (χ0n) is 9.79. The van der Waals surface area contributed by atoms with Crippen molar-refractivity contribution in [3.8, 4) is 6.07 Å². The van der Waals surface area contributed by atoms with Gasteiger partial charge in [-0.25, -0.2) is 9.97 Å². The molecule has 0 amide bonds. The molecule has 1 aromatic rings. The summed E-state index contributed by atoms with van der Waals surface area (Å²) in [5.41, 5.74) is 0.988. The molecule has 2 rings (SSSR count). The molecule has 0 saturated carbocycles. The second-order valence-corrected chi connectivity index (χ2v) is 4.15. The second kappa shape index (κ2) is 4.84. The Balaban J connectivity index is 2.08. The van der Waals surface area contributed by atoms with Crippen LogP contribution in [-0.2, 0) is 4.79 Å². The number of nitriles is 1. The molecule has 1 aromatic heterocycles. The van der Waals surface area contributed by atoms with Crippen molar-refractivity contribution in [3.05, 3.63) is 29.6 Å². The molecule has 0 spiro atoms. The van der Waals surface area contributed by atoms with Gasteiger partial charge in [-0.15, -0.1) is 0 Å². The van der Waals surface area contributed by atoms with Crippen LogP contribution in [0.4, 0.5) is 5.95 Å². The van der Waals surface area contributed by atoms with Crippen LogP contribution in [-0.4, -0.2) is 27.1 Å². The largest absolute Gasteiger partial charge is 0.481 e. The van der Waals surface area contributed by atoms with Gasteiger partial charge in [0.25, 0.3) is 0 Å². The molecule has 0 bridgehead atoms. The molecule has 6 nitrogen and oxygen atoms in total. The molecular weight excluding hydrogens is 232 g/mol. The van der Waals surface area contributed by atoms with Crippen LogP contribution in [0.15, 0.2) is 18.2 Å². The summed E-state index contributed by atoms with van der Waals surface area (Å²) in [5.74, 6) is -0.951. The van der Waals surface area contributed by atoms with Crippen LogP contribution in [0.25, 0.3) is 0 Å². The van der Waals surface area contributed by atoms with Crippen molar-refractivity contribution in [2.24, 2.45) is 5.92 Å². The maximum Gasteiger partial charge on any atom is 0.310 e. The highest BCUT2D eigenvalue weighted by Gasteiger charge is 2.24. The summed E-state index contributed by atoms with van der Waals surface area (Å²) in [6.07, 6.45) is 3.91. The van der Waals surface area contributed by atoms with Crippen LogP contribution in [0, 0.1) is 24.2 Å². The van der Waals surface area contributed by atoms with E-state index in [1.54, 1.807) is 25.1 Å². The summed E-state index contributed by atoms with van der Waals surface area (Å²) in [6, 6.07) is 3.44. The van der Waals surface area contributed by atoms with E-state index < -0.39 is 11.9 Å². The fourth-order valence-corrected chi connectivity index (χ4v) is 1.85. The number of nitrogens with one attached hydrogen (secondary N) is 1. The molecule has 1 aliphatic rings. The number of aliphatic carboxylic acids is 1. The third kappa shape index (κ3) is 2.63. The van der Waals surface area contributed by atoms with E-state index in [0.717, 1.165) is 0 Å². The summed E-state index contributed by atoms with van der Waals surface area (Å²) in [4.78, 5) is 19.0. The quantitative estimate of drug-likeness (QED) is 0.772. The Morgan fingerprint density at radius 2 is 2.33 bits per heavy atom. The van der Waals surface area contributed by atoms with E-state index in [0.29, 0.717) is 23.8 Å². The molecule has 18 heavy (non-hydrogen) atoms. The molecule has 6 heteroatoms. The lowest BCUT2D eigenvalue weighted by Gasteiger charge is -2.12. The van der Waals surface area contributed by atoms with Gasteiger partial charge in [-0.2, -0.15) is 5.26 Å². The summed E-state index contributed by atoms with van der Waals surface area (Å²) < 4.78 is 0. The first kappa shape index (κ1) is 12.0. The van der Waals surface area contributed by atoms with Gasteiger partial charge in [0.15, 0.2) is 0 Å². The predicted molar refractivity (Wildman–Crippen MR) is 63.8 cm³/mol. The first-order valence-corrected chi connectivity index (χ1v) is 5.52. The SMILES string of the molecule is Cc1cc(C#N)nc(NC2C=CC(C(=O)O)C2)n1. The lowest BCUT2D eigenvalue weighted by Crippen LogP contribution is -2.20. The van der Waals surface area contributed by atoms with Crippen LogP contribution in [0.1, 0.15) is 17.8 Å². The summed E-state index contributed by atoms with van der Waals surface area (Å²) >= 11 is 0. The Morgan fingerprint density at radius 3 is 2.94 bits per heavy atom. The van der Waals surface area contributed by atoms with Crippen molar-refractivity contribution in [3.63, 3.8) is 0 Å². The van der Waals surface area contributed by atoms with Gasteiger partial charge >= 0.3 is 5.97 Å². The highest BCUT2D eigenvalue weighted by Crippen LogP contribution is 2.20. The van der Waals surface area contributed by atoms with Gasteiger partial charge < -0.3 is 10.4 Å². The van der Waals surface area contributed by atoms with Gasteiger partial charge in [-0.05, 0) is 19.4 Å². The predicted octanol–water partition coefficient (Wildman–Crippen LogP) is 1.10. The molecular formula is C12H12N4O2. The Kier molecular flexibility index (Phi) is 3.24. The minimum absolute atomic E-state index is 0.112. The standard InChI is InChI=1S/C12H12N4O2/c1-7-4-10(6-13)16-12(14-7)15-9-3-2-8(5-9)11(17)18/h2-4,8-9H,5H2,1H3,(H,17,18)(H,14,15,16). The molecule has 2 N–H and O–H groups in total. The van der Waals surface area contributed by atoms with Gasteiger partial charge in [-0.1, -0.05) is 12.2 Å². The Bertz CT molecular complexity index is 547. The molecule has 2 unspecified atom stereocenters. The van der Waals surface area contributed by atoms with Crippen LogP contribution < -0.4 is 5.32 Å². The summed E-state index contributed by atoms with van der Waals surface area (Å²) in [7, 11) is 0. The Labute approximate surface area is 104 Å². The van der Waals surface area contributed by atoms with E-state index in [1.165, 1.54) is 0 Å². The number of hydrogen-bond donors (Lipinski definition) is 2. The molecule has 92 valence electrons. The normalized spacial score (nSPS) is 21.6. The van der Waals surface area contributed by atoms with Crippen molar-refractivity contribution in [1.29, 1.82) is 5.26 Å². The van der Waals surface area contributed by atoms with Crippen LogP contribution in [0.5, 0.6) is 0 Å². The number of nitrogens with zero attached hydrogens (tertiary/aromatic N) is 3. The van der Waals surface area contributed by atoms with Gasteiger partial charge in [0.1, 0.15) is 11.8 Å². The topological polar surface area (TPSA) is 98.9 Å². The van der Waals surface area contributed by atoms with Crippen LogP contribution in [0.3, 0.4) is 0 Å². The highest BCUT2D eigenvalue weighted by atomic mass is 16.4. The summed E-state index contributed by atoms with van der Waals surface area (Å²) in [5, 5.41) is 20.7. The third-order valence-corrected chi connectivity index (χ3v) is 2.68. The van der Waals surface area contributed by atoms with Gasteiger partial charge in [0, 0.05) is 11.7 Å². The van der Waals surface area contributed by atoms with Crippen molar-refractivity contribution < 1.29 is 9.90 Å². The minimum atomic E-state index is -0.835. The molecule has 2 atom stereocenters. The maximum atomic E-state index is 10.8. The molecule has 0 radical (unpaired) electrons. The van der Waals surface area contributed by atoms with E-state index >= 15 is 0 Å². The number of aryl methyl sites for hydroxylation is 1. The average molecular weight is 244 g/mol. The number of carboxylic acid groups (broad SMARTS) is 1. The van der Waals surface area contributed by atoms with E-state index in [4.69, 9.17) is 10.4 Å². The van der Waals surface area contributed by atoms with E-state index in [-0.39, 0.29) is 6.04 Å². The first-order valence-electron chi connectivity index (χ1n) is 5.52. The average Bonchev–Trinajstić information content (AvgIpc) is 2.76. The lowest BCUT2D eigenvalue weighted by atomic mass is 10.1. The lowest BCUT2D eigenvalue weighted by molar-refractivity contribution is -0.140. The van der Waals surface area contributed by atoms with E-state index in [2.05, 4.69) is 15.3 Å². The third-order valence-electron chi connectivity index (χ3n) is 2.68. The number of hydrogen-bond acceptors (Lipinski definition) is 5. The number of rotatable bonds is 3. The zero-order chi connectivity index (χ0) is 13.1. The van der Waals surface area contributed by atoms with Crippen LogP contribution >= 0.6 is 0 Å². The van der Waals surface area contributed by atoms with Crippen molar-refractivity contribution in [2.45, 2.75) is 19.4 Å². The number of carboxylic acids is 1. The monoisotopic (exact) mass is 244 g/mol. The van der Waals surface area contributed by atoms with Crippen molar-refractivity contribution in [2.75, 3.05) is 5.32 Å². The highest BCUT2D eigenvalue weighted by molar-refractivity contribution is 5.73. The smallest absolute Gasteiger partial charge is 0.310 e. The molecule has 1 aliphatic carbocycles. The maximum absolute atomic E-state index is 10.8. The fourth-order valence-electron chi connectivity index (χ4n) is 1.85. The first-order chi connectivity index (χ1) is 8.58. The molecule has 0 fully saturated rings.